The first-order valence-corrected chi connectivity index (χ1v) is 6.78. The van der Waals surface area contributed by atoms with Gasteiger partial charge < -0.3 is 10.1 Å². The summed E-state index contributed by atoms with van der Waals surface area (Å²) in [6, 6.07) is 9.98. The summed E-state index contributed by atoms with van der Waals surface area (Å²) >= 11 is 12.0. The van der Waals surface area contributed by atoms with Crippen LogP contribution in [0.25, 0.3) is 0 Å². The van der Waals surface area contributed by atoms with E-state index in [2.05, 4.69) is 5.32 Å². The van der Waals surface area contributed by atoms with E-state index in [9.17, 15) is 10.1 Å². The van der Waals surface area contributed by atoms with Crippen LogP contribution >= 0.6 is 23.2 Å². The molecule has 0 heterocycles. The molecule has 2 aromatic carbocycles. The van der Waals surface area contributed by atoms with E-state index in [4.69, 9.17) is 27.9 Å². The second kappa shape index (κ2) is 6.65. The van der Waals surface area contributed by atoms with E-state index in [-0.39, 0.29) is 17.3 Å². The molecule has 1 N–H and O–H groups in total. The molecule has 2 aromatic rings. The smallest absolute Gasteiger partial charge is 0.310 e. The van der Waals surface area contributed by atoms with Crippen LogP contribution in [0.4, 0.5) is 11.4 Å². The highest BCUT2D eigenvalue weighted by atomic mass is 35.5. The van der Waals surface area contributed by atoms with E-state index in [0.717, 1.165) is 5.56 Å². The number of nitro groups is 1. The van der Waals surface area contributed by atoms with Gasteiger partial charge in [0.1, 0.15) is 16.5 Å². The molecule has 21 heavy (non-hydrogen) atoms. The molecule has 0 radical (unpaired) electrons. The van der Waals surface area contributed by atoms with Crippen LogP contribution in [-0.4, -0.2) is 12.0 Å². The third kappa shape index (κ3) is 3.37. The zero-order valence-corrected chi connectivity index (χ0v) is 12.6. The van der Waals surface area contributed by atoms with Crippen molar-refractivity contribution < 1.29 is 9.66 Å². The second-order valence-electron chi connectivity index (χ2n) is 4.17. The maximum absolute atomic E-state index is 11.1. The van der Waals surface area contributed by atoms with E-state index in [1.54, 1.807) is 30.3 Å². The van der Waals surface area contributed by atoms with Crippen LogP contribution in [0.15, 0.2) is 36.4 Å². The lowest BCUT2D eigenvalue weighted by molar-refractivity contribution is -0.383. The summed E-state index contributed by atoms with van der Waals surface area (Å²) in [6.07, 6.45) is 0. The van der Waals surface area contributed by atoms with Crippen LogP contribution in [0, 0.1) is 10.1 Å². The Labute approximate surface area is 131 Å². The minimum absolute atomic E-state index is 0.0797. The molecule has 7 heteroatoms. The molecule has 0 spiro atoms. The number of para-hydroxylation sites is 1. The Kier molecular flexibility index (Phi) is 4.88. The highest BCUT2D eigenvalue weighted by Crippen LogP contribution is 2.34. The number of nitrogens with zero attached hydrogens (tertiary/aromatic N) is 1. The van der Waals surface area contributed by atoms with E-state index in [1.807, 2.05) is 0 Å². The van der Waals surface area contributed by atoms with E-state index >= 15 is 0 Å². The SMILES string of the molecule is COc1cccc(Cl)c1CNc1cccc(Cl)c1[N+](=O)[O-]. The molecule has 0 aliphatic heterocycles. The number of hydrogen-bond donors (Lipinski definition) is 1. The van der Waals surface area contributed by atoms with Crippen molar-refractivity contribution in [2.24, 2.45) is 0 Å². The fraction of sp³-hybridized carbons (Fsp3) is 0.143. The van der Waals surface area contributed by atoms with Crippen molar-refractivity contribution >= 4 is 34.6 Å². The Morgan fingerprint density at radius 3 is 2.52 bits per heavy atom. The molecule has 0 aliphatic rings. The van der Waals surface area contributed by atoms with Crippen LogP contribution in [0.1, 0.15) is 5.56 Å². The second-order valence-corrected chi connectivity index (χ2v) is 4.98. The topological polar surface area (TPSA) is 64.4 Å². The van der Waals surface area contributed by atoms with Gasteiger partial charge in [0, 0.05) is 17.1 Å². The molecule has 2 rings (SSSR count). The summed E-state index contributed by atoms with van der Waals surface area (Å²) in [5.74, 6) is 0.611. The minimum atomic E-state index is -0.519. The third-order valence-corrected chi connectivity index (χ3v) is 3.58. The Hall–Kier alpha value is -1.98. The first kappa shape index (κ1) is 15.4. The highest BCUT2D eigenvalue weighted by molar-refractivity contribution is 6.33. The molecular weight excluding hydrogens is 315 g/mol. The predicted octanol–water partition coefficient (Wildman–Crippen LogP) is 4.52. The molecule has 0 fully saturated rings. The first-order valence-electron chi connectivity index (χ1n) is 6.02. The van der Waals surface area contributed by atoms with Crippen LogP contribution in [0.3, 0.4) is 0 Å². The van der Waals surface area contributed by atoms with Crippen LogP contribution in [-0.2, 0) is 6.54 Å². The van der Waals surface area contributed by atoms with Gasteiger partial charge in [0.2, 0.25) is 0 Å². The van der Waals surface area contributed by atoms with E-state index < -0.39 is 4.92 Å². The molecule has 5 nitrogen and oxygen atoms in total. The summed E-state index contributed by atoms with van der Waals surface area (Å²) in [5.41, 5.74) is 0.885. The molecule has 0 amide bonds. The monoisotopic (exact) mass is 326 g/mol. The summed E-state index contributed by atoms with van der Waals surface area (Å²) in [6.45, 7) is 0.282. The molecule has 0 aromatic heterocycles. The predicted molar refractivity (Wildman–Crippen MR) is 83.4 cm³/mol. The molecule has 0 saturated carbocycles. The minimum Gasteiger partial charge on any atom is -0.496 e. The van der Waals surface area contributed by atoms with Crippen molar-refractivity contribution in [1.29, 1.82) is 0 Å². The maximum Gasteiger partial charge on any atom is 0.310 e. The number of methoxy groups -OCH3 is 1. The highest BCUT2D eigenvalue weighted by Gasteiger charge is 2.18. The summed E-state index contributed by atoms with van der Waals surface area (Å²) in [5, 5.41) is 14.7. The number of benzene rings is 2. The summed E-state index contributed by atoms with van der Waals surface area (Å²) < 4.78 is 5.23. The molecule has 0 saturated heterocycles. The fourth-order valence-electron chi connectivity index (χ4n) is 1.93. The van der Waals surface area contributed by atoms with Crippen molar-refractivity contribution in [3.05, 3.63) is 62.1 Å². The molecule has 0 aliphatic carbocycles. The zero-order valence-electron chi connectivity index (χ0n) is 11.1. The standard InChI is InChI=1S/C14H12Cl2N2O3/c1-21-13-7-3-4-10(15)9(13)8-17-12-6-2-5-11(16)14(12)18(19)20/h2-7,17H,8H2,1H3. The van der Waals surface area contributed by atoms with Crippen molar-refractivity contribution in [3.8, 4) is 5.75 Å². The lowest BCUT2D eigenvalue weighted by Crippen LogP contribution is -2.05. The summed E-state index contributed by atoms with van der Waals surface area (Å²) in [4.78, 5) is 10.6. The maximum atomic E-state index is 11.1. The van der Waals surface area contributed by atoms with Gasteiger partial charge in [0.25, 0.3) is 0 Å². The van der Waals surface area contributed by atoms with Gasteiger partial charge in [-0.2, -0.15) is 0 Å². The van der Waals surface area contributed by atoms with Crippen LogP contribution < -0.4 is 10.1 Å². The molecule has 110 valence electrons. The van der Waals surface area contributed by atoms with E-state index in [1.165, 1.54) is 13.2 Å². The number of nitro benzene ring substituents is 1. The number of halogens is 2. The molecule has 0 unspecified atom stereocenters. The quantitative estimate of drug-likeness (QED) is 0.648. The number of ether oxygens (including phenoxy) is 1. The van der Waals surface area contributed by atoms with Crippen molar-refractivity contribution in [2.75, 3.05) is 12.4 Å². The van der Waals surface area contributed by atoms with Gasteiger partial charge in [-0.25, -0.2) is 0 Å². The lowest BCUT2D eigenvalue weighted by Gasteiger charge is -2.12. The first-order chi connectivity index (χ1) is 10.0. The van der Waals surface area contributed by atoms with Gasteiger partial charge >= 0.3 is 5.69 Å². The number of anilines is 1. The van der Waals surface area contributed by atoms with E-state index in [0.29, 0.717) is 16.5 Å². The molecular formula is C14H12Cl2N2O3. The lowest BCUT2D eigenvalue weighted by atomic mass is 10.2. The average Bonchev–Trinajstić information content (AvgIpc) is 2.45. The average molecular weight is 327 g/mol. The van der Waals surface area contributed by atoms with Crippen molar-refractivity contribution in [2.45, 2.75) is 6.54 Å². The van der Waals surface area contributed by atoms with Crippen molar-refractivity contribution in [3.63, 3.8) is 0 Å². The largest absolute Gasteiger partial charge is 0.496 e. The summed E-state index contributed by atoms with van der Waals surface area (Å²) in [7, 11) is 1.54. The van der Waals surface area contributed by atoms with Gasteiger partial charge in [-0.15, -0.1) is 0 Å². The molecule has 0 bridgehead atoms. The van der Waals surface area contributed by atoms with Crippen LogP contribution in [0.5, 0.6) is 5.75 Å². The number of hydrogen-bond acceptors (Lipinski definition) is 4. The van der Waals surface area contributed by atoms with Crippen molar-refractivity contribution in [1.82, 2.24) is 0 Å². The number of rotatable bonds is 5. The Morgan fingerprint density at radius 1 is 1.19 bits per heavy atom. The van der Waals surface area contributed by atoms with Gasteiger partial charge in [0.05, 0.1) is 12.0 Å². The van der Waals surface area contributed by atoms with Gasteiger partial charge in [-0.3, -0.25) is 10.1 Å². The molecule has 0 atom stereocenters. The Balaban J connectivity index is 2.29. The normalized spacial score (nSPS) is 10.2. The fourth-order valence-corrected chi connectivity index (χ4v) is 2.41. The van der Waals surface area contributed by atoms with Crippen LogP contribution in [0.2, 0.25) is 10.0 Å². The Bertz CT molecular complexity index is 677. The van der Waals surface area contributed by atoms with Gasteiger partial charge in [-0.05, 0) is 24.3 Å². The Morgan fingerprint density at radius 2 is 1.86 bits per heavy atom. The van der Waals surface area contributed by atoms with Gasteiger partial charge in [-0.1, -0.05) is 35.3 Å². The number of nitrogens with one attached hydrogen (secondary N) is 1. The third-order valence-electron chi connectivity index (χ3n) is 2.92. The van der Waals surface area contributed by atoms with Gasteiger partial charge in [0.15, 0.2) is 0 Å². The zero-order chi connectivity index (χ0) is 15.4.